The molecule has 0 amide bonds. The average molecular weight is 442 g/mol. The molecule has 0 aliphatic carbocycles. The van der Waals surface area contributed by atoms with E-state index in [1.165, 1.54) is 0 Å². The van der Waals surface area contributed by atoms with Gasteiger partial charge < -0.3 is 19.0 Å². The fraction of sp³-hybridized carbons (Fsp3) is 0. The van der Waals surface area contributed by atoms with Crippen LogP contribution in [0.25, 0.3) is 66.1 Å². The largest absolute Gasteiger partial charge is 0.507 e. The Morgan fingerprint density at radius 2 is 0.824 bits per heavy atom. The summed E-state index contributed by atoms with van der Waals surface area (Å²) >= 11 is 0. The molecule has 0 aliphatic heterocycles. The molecule has 0 atom stereocenters. The van der Waals surface area contributed by atoms with Gasteiger partial charge >= 0.3 is 0 Å². The second-order valence-electron chi connectivity index (χ2n) is 8.50. The van der Waals surface area contributed by atoms with Gasteiger partial charge in [0.05, 0.1) is 0 Å². The molecule has 7 rings (SSSR count). The van der Waals surface area contributed by atoms with Crippen LogP contribution in [0.15, 0.2) is 106 Å². The quantitative estimate of drug-likeness (QED) is 0.265. The van der Waals surface area contributed by atoms with Crippen molar-refractivity contribution in [3.05, 3.63) is 97.1 Å². The second-order valence-corrected chi connectivity index (χ2v) is 8.50. The zero-order valence-electron chi connectivity index (χ0n) is 17.9. The Morgan fingerprint density at radius 3 is 1.29 bits per heavy atom. The number of benzene rings is 5. The van der Waals surface area contributed by atoms with E-state index in [1.54, 1.807) is 12.1 Å². The minimum absolute atomic E-state index is 0.0945. The van der Waals surface area contributed by atoms with E-state index in [4.69, 9.17) is 8.83 Å². The van der Waals surface area contributed by atoms with Gasteiger partial charge in [0.15, 0.2) is 0 Å². The molecule has 4 nitrogen and oxygen atoms in total. The van der Waals surface area contributed by atoms with Crippen LogP contribution < -0.4 is 0 Å². The van der Waals surface area contributed by atoms with Gasteiger partial charge in [-0.3, -0.25) is 0 Å². The van der Waals surface area contributed by atoms with Gasteiger partial charge in [-0.2, -0.15) is 0 Å². The number of fused-ring (bicyclic) bond motifs is 6. The lowest BCUT2D eigenvalue weighted by atomic mass is 9.96. The van der Waals surface area contributed by atoms with Crippen LogP contribution in [0, 0.1) is 0 Å². The highest BCUT2D eigenvalue weighted by atomic mass is 16.3. The highest BCUT2D eigenvalue weighted by molar-refractivity contribution is 6.07. The number of aromatic hydroxyl groups is 2. The fourth-order valence-electron chi connectivity index (χ4n) is 4.83. The number of rotatable bonds is 2. The van der Waals surface area contributed by atoms with Crippen LogP contribution >= 0.6 is 0 Å². The summed E-state index contributed by atoms with van der Waals surface area (Å²) < 4.78 is 11.8. The van der Waals surface area contributed by atoms with Crippen molar-refractivity contribution in [2.24, 2.45) is 0 Å². The van der Waals surface area contributed by atoms with Crippen molar-refractivity contribution < 1.29 is 19.0 Å². The SMILES string of the molecule is Oc1cc(-c2ccc3oc4ccccc4c3c2)c(O)cc1-c1ccc2oc3ccccc3c2c1. The summed E-state index contributed by atoms with van der Waals surface area (Å²) in [7, 11) is 0. The van der Waals surface area contributed by atoms with Gasteiger partial charge in [-0.05, 0) is 59.7 Å². The Hall–Kier alpha value is -4.70. The van der Waals surface area contributed by atoms with Crippen LogP contribution in [0.3, 0.4) is 0 Å². The summed E-state index contributed by atoms with van der Waals surface area (Å²) in [5.41, 5.74) is 5.92. The van der Waals surface area contributed by atoms with E-state index in [-0.39, 0.29) is 11.5 Å². The molecule has 4 heteroatoms. The summed E-state index contributed by atoms with van der Waals surface area (Å²) in [5.74, 6) is 0.189. The van der Waals surface area contributed by atoms with E-state index in [9.17, 15) is 10.2 Å². The minimum atomic E-state index is 0.0945. The second kappa shape index (κ2) is 6.90. The lowest BCUT2D eigenvalue weighted by molar-refractivity contribution is 0.463. The van der Waals surface area contributed by atoms with E-state index >= 15 is 0 Å². The zero-order chi connectivity index (χ0) is 22.8. The van der Waals surface area contributed by atoms with Crippen molar-refractivity contribution in [1.82, 2.24) is 0 Å². The Bertz CT molecular complexity index is 1750. The van der Waals surface area contributed by atoms with Gasteiger partial charge in [-0.25, -0.2) is 0 Å². The predicted molar refractivity (Wildman–Crippen MR) is 135 cm³/mol. The monoisotopic (exact) mass is 442 g/mol. The first-order valence-corrected chi connectivity index (χ1v) is 11.0. The van der Waals surface area contributed by atoms with Crippen molar-refractivity contribution in [1.29, 1.82) is 0 Å². The number of para-hydroxylation sites is 2. The predicted octanol–water partition coefficient (Wildman–Crippen LogP) is 8.23. The van der Waals surface area contributed by atoms with Crippen LogP contribution in [0.5, 0.6) is 11.5 Å². The molecule has 5 aromatic carbocycles. The van der Waals surface area contributed by atoms with E-state index in [0.717, 1.165) is 55.0 Å². The number of hydrogen-bond acceptors (Lipinski definition) is 4. The maximum absolute atomic E-state index is 11.0. The topological polar surface area (TPSA) is 66.7 Å². The molecule has 0 unspecified atom stereocenters. The van der Waals surface area contributed by atoms with Gasteiger partial charge in [0, 0.05) is 32.7 Å². The first-order valence-electron chi connectivity index (χ1n) is 11.0. The Morgan fingerprint density at radius 1 is 0.412 bits per heavy atom. The van der Waals surface area contributed by atoms with Gasteiger partial charge in [0.2, 0.25) is 0 Å². The Kier molecular flexibility index (Phi) is 3.82. The van der Waals surface area contributed by atoms with Crippen molar-refractivity contribution >= 4 is 43.9 Å². The summed E-state index contributed by atoms with van der Waals surface area (Å²) in [4.78, 5) is 0. The summed E-state index contributed by atoms with van der Waals surface area (Å²) in [6, 6.07) is 30.5. The highest BCUT2D eigenvalue weighted by Gasteiger charge is 2.16. The van der Waals surface area contributed by atoms with Crippen molar-refractivity contribution in [3.63, 3.8) is 0 Å². The molecule has 2 N–H and O–H groups in total. The number of phenols is 2. The normalized spacial score (nSPS) is 11.8. The first kappa shape index (κ1) is 18.8. The fourth-order valence-corrected chi connectivity index (χ4v) is 4.83. The van der Waals surface area contributed by atoms with Crippen molar-refractivity contribution in [3.8, 4) is 33.8 Å². The third kappa shape index (κ3) is 2.72. The zero-order valence-corrected chi connectivity index (χ0v) is 17.9. The standard InChI is InChI=1S/C30H18O4/c31-25-16-22(18-10-12-30-24(14-18)20-6-2-4-8-28(20)34-30)26(32)15-21(25)17-9-11-29-23(13-17)19-5-1-3-7-27(19)33-29/h1-16,31-32H. The van der Waals surface area contributed by atoms with Crippen molar-refractivity contribution in [2.45, 2.75) is 0 Å². The Balaban J connectivity index is 1.37. The maximum atomic E-state index is 11.0. The smallest absolute Gasteiger partial charge is 0.135 e. The van der Waals surface area contributed by atoms with Gasteiger partial charge in [0.25, 0.3) is 0 Å². The third-order valence-electron chi connectivity index (χ3n) is 6.49. The number of phenolic OH excluding ortho intramolecular Hbond substituents is 2. The van der Waals surface area contributed by atoms with Crippen molar-refractivity contribution in [2.75, 3.05) is 0 Å². The summed E-state index contributed by atoms with van der Waals surface area (Å²) in [6.07, 6.45) is 0. The van der Waals surface area contributed by atoms with E-state index in [2.05, 4.69) is 0 Å². The van der Waals surface area contributed by atoms with E-state index in [1.807, 2.05) is 84.9 Å². The third-order valence-corrected chi connectivity index (χ3v) is 6.49. The van der Waals surface area contributed by atoms with Gasteiger partial charge in [0.1, 0.15) is 33.8 Å². The van der Waals surface area contributed by atoms with Crippen LogP contribution in [0.2, 0.25) is 0 Å². The maximum Gasteiger partial charge on any atom is 0.135 e. The molecule has 162 valence electrons. The van der Waals surface area contributed by atoms with E-state index in [0.29, 0.717) is 11.1 Å². The summed E-state index contributed by atoms with van der Waals surface area (Å²) in [5, 5.41) is 25.9. The molecule has 0 radical (unpaired) electrons. The lowest BCUT2D eigenvalue weighted by Gasteiger charge is -2.11. The summed E-state index contributed by atoms with van der Waals surface area (Å²) in [6.45, 7) is 0. The molecule has 2 heterocycles. The van der Waals surface area contributed by atoms with Crippen LogP contribution in [-0.4, -0.2) is 10.2 Å². The Labute approximate surface area is 193 Å². The lowest BCUT2D eigenvalue weighted by Crippen LogP contribution is -1.85. The molecule has 2 aromatic heterocycles. The van der Waals surface area contributed by atoms with Crippen LogP contribution in [-0.2, 0) is 0 Å². The molecular formula is C30H18O4. The molecule has 0 saturated heterocycles. The van der Waals surface area contributed by atoms with Crippen LogP contribution in [0.1, 0.15) is 0 Å². The van der Waals surface area contributed by atoms with Gasteiger partial charge in [-0.1, -0.05) is 48.5 Å². The minimum Gasteiger partial charge on any atom is -0.507 e. The molecule has 0 aliphatic rings. The average Bonchev–Trinajstić information content (AvgIpc) is 3.42. The molecule has 0 spiro atoms. The molecule has 7 aromatic rings. The molecule has 0 saturated carbocycles. The number of furan rings is 2. The first-order chi connectivity index (χ1) is 16.7. The number of hydrogen-bond donors (Lipinski definition) is 2. The molecule has 0 bridgehead atoms. The molecular weight excluding hydrogens is 424 g/mol. The van der Waals surface area contributed by atoms with Gasteiger partial charge in [-0.15, -0.1) is 0 Å². The molecule has 34 heavy (non-hydrogen) atoms. The molecule has 0 fully saturated rings. The van der Waals surface area contributed by atoms with Crippen LogP contribution in [0.4, 0.5) is 0 Å². The van der Waals surface area contributed by atoms with E-state index < -0.39 is 0 Å². The highest BCUT2D eigenvalue weighted by Crippen LogP contribution is 2.42.